The molecule has 0 fully saturated rings. The first-order valence-electron chi connectivity index (χ1n) is 5.33. The molecular formula is C13H10Br2INO2. The number of halogens is 3. The Morgan fingerprint density at radius 3 is 2.47 bits per heavy atom. The molecule has 0 aliphatic carbocycles. The van der Waals surface area contributed by atoms with E-state index in [2.05, 4.69) is 54.5 Å². The zero-order valence-corrected chi connectivity index (χ0v) is 15.0. The van der Waals surface area contributed by atoms with E-state index in [0.29, 0.717) is 17.0 Å². The van der Waals surface area contributed by atoms with Crippen molar-refractivity contribution in [2.75, 3.05) is 5.73 Å². The van der Waals surface area contributed by atoms with Crippen LogP contribution in [0, 0.1) is 3.57 Å². The summed E-state index contributed by atoms with van der Waals surface area (Å²) in [4.78, 5) is 0. The predicted molar refractivity (Wildman–Crippen MR) is 91.4 cm³/mol. The van der Waals surface area contributed by atoms with Gasteiger partial charge in [-0.3, -0.25) is 0 Å². The van der Waals surface area contributed by atoms with E-state index in [1.54, 1.807) is 12.1 Å². The highest BCUT2D eigenvalue weighted by molar-refractivity contribution is 14.1. The van der Waals surface area contributed by atoms with Crippen LogP contribution in [0.1, 0.15) is 5.56 Å². The van der Waals surface area contributed by atoms with Crippen molar-refractivity contribution in [1.82, 2.24) is 0 Å². The molecule has 0 saturated carbocycles. The minimum Gasteiger partial charge on any atom is -0.454 e. The molecule has 0 unspecified atom stereocenters. The molecule has 2 aromatic carbocycles. The Balaban J connectivity index is 2.40. The second kappa shape index (κ2) is 6.43. The van der Waals surface area contributed by atoms with Crippen LogP contribution < -0.4 is 10.5 Å². The highest BCUT2D eigenvalue weighted by Crippen LogP contribution is 2.36. The number of nitrogens with two attached hydrogens (primary N) is 1. The van der Waals surface area contributed by atoms with Gasteiger partial charge in [0.05, 0.1) is 15.9 Å². The van der Waals surface area contributed by atoms with Crippen molar-refractivity contribution in [3.63, 3.8) is 0 Å². The molecule has 19 heavy (non-hydrogen) atoms. The SMILES string of the molecule is Nc1c(CO)cc(Br)cc1Oc1ccc(Br)cc1I. The Bertz CT molecular complexity index is 620. The topological polar surface area (TPSA) is 55.5 Å². The number of hydrogen-bond donors (Lipinski definition) is 2. The maximum atomic E-state index is 9.26. The van der Waals surface area contributed by atoms with E-state index in [4.69, 9.17) is 10.5 Å². The monoisotopic (exact) mass is 497 g/mol. The van der Waals surface area contributed by atoms with Crippen LogP contribution in [-0.4, -0.2) is 5.11 Å². The largest absolute Gasteiger partial charge is 0.454 e. The first kappa shape index (κ1) is 15.1. The summed E-state index contributed by atoms with van der Waals surface area (Å²) in [6.07, 6.45) is 0. The third-order valence-electron chi connectivity index (χ3n) is 2.48. The van der Waals surface area contributed by atoms with E-state index >= 15 is 0 Å². The lowest BCUT2D eigenvalue weighted by Crippen LogP contribution is -1.99. The quantitative estimate of drug-likeness (QED) is 0.477. The van der Waals surface area contributed by atoms with Gasteiger partial charge < -0.3 is 15.6 Å². The lowest BCUT2D eigenvalue weighted by molar-refractivity contribution is 0.282. The van der Waals surface area contributed by atoms with Gasteiger partial charge in [0.15, 0.2) is 5.75 Å². The number of ether oxygens (including phenoxy) is 1. The molecule has 0 amide bonds. The Hall–Kier alpha value is -0.310. The fourth-order valence-corrected chi connectivity index (χ4v) is 3.44. The van der Waals surface area contributed by atoms with Crippen LogP contribution in [0.3, 0.4) is 0 Å². The average Bonchev–Trinajstić information content (AvgIpc) is 2.36. The zero-order chi connectivity index (χ0) is 14.0. The molecule has 0 spiro atoms. The van der Waals surface area contributed by atoms with Crippen molar-refractivity contribution in [2.45, 2.75) is 6.61 Å². The van der Waals surface area contributed by atoms with Crippen molar-refractivity contribution >= 4 is 60.1 Å². The molecule has 0 radical (unpaired) electrons. The van der Waals surface area contributed by atoms with Crippen molar-refractivity contribution in [1.29, 1.82) is 0 Å². The fraction of sp³-hybridized carbons (Fsp3) is 0.0769. The van der Waals surface area contributed by atoms with Gasteiger partial charge in [-0.2, -0.15) is 0 Å². The van der Waals surface area contributed by atoms with Gasteiger partial charge in [-0.15, -0.1) is 0 Å². The number of anilines is 1. The van der Waals surface area contributed by atoms with Gasteiger partial charge in [0.1, 0.15) is 5.75 Å². The summed E-state index contributed by atoms with van der Waals surface area (Å²) in [5.74, 6) is 1.25. The van der Waals surface area contributed by atoms with Crippen LogP contribution in [0.4, 0.5) is 5.69 Å². The molecule has 6 heteroatoms. The normalized spacial score (nSPS) is 10.5. The average molecular weight is 499 g/mol. The number of benzene rings is 2. The summed E-state index contributed by atoms with van der Waals surface area (Å²) in [7, 11) is 0. The molecule has 0 aliphatic heterocycles. The van der Waals surface area contributed by atoms with E-state index < -0.39 is 0 Å². The number of rotatable bonds is 3. The van der Waals surface area contributed by atoms with E-state index in [-0.39, 0.29) is 6.61 Å². The van der Waals surface area contributed by atoms with Crippen LogP contribution in [-0.2, 0) is 6.61 Å². The smallest absolute Gasteiger partial charge is 0.151 e. The maximum Gasteiger partial charge on any atom is 0.151 e. The van der Waals surface area contributed by atoms with Crippen molar-refractivity contribution in [3.8, 4) is 11.5 Å². The molecule has 0 bridgehead atoms. The predicted octanol–water partition coefficient (Wildman–Crippen LogP) is 4.68. The molecule has 2 rings (SSSR count). The molecule has 0 saturated heterocycles. The van der Waals surface area contributed by atoms with Crippen LogP contribution in [0.25, 0.3) is 0 Å². The van der Waals surface area contributed by atoms with E-state index in [1.165, 1.54) is 0 Å². The van der Waals surface area contributed by atoms with Gasteiger partial charge in [0.2, 0.25) is 0 Å². The summed E-state index contributed by atoms with van der Waals surface area (Å²) in [6.45, 7) is -0.126. The standard InChI is InChI=1S/C13H10Br2INO2/c14-8-1-2-11(10(16)4-8)19-12-5-9(15)3-7(6-18)13(12)17/h1-5,18H,6,17H2. The third-order valence-corrected chi connectivity index (χ3v) is 4.27. The Morgan fingerprint density at radius 2 is 1.84 bits per heavy atom. The number of aliphatic hydroxyl groups is 1. The second-order valence-electron chi connectivity index (χ2n) is 3.81. The van der Waals surface area contributed by atoms with Gasteiger partial charge in [0.25, 0.3) is 0 Å². The third kappa shape index (κ3) is 3.62. The Morgan fingerprint density at radius 1 is 1.11 bits per heavy atom. The maximum absolute atomic E-state index is 9.26. The van der Waals surface area contributed by atoms with Gasteiger partial charge in [-0.05, 0) is 52.9 Å². The van der Waals surface area contributed by atoms with Crippen LogP contribution >= 0.6 is 54.5 Å². The Kier molecular flexibility index (Phi) is 5.10. The fourth-order valence-electron chi connectivity index (χ4n) is 1.54. The first-order chi connectivity index (χ1) is 9.01. The highest BCUT2D eigenvalue weighted by Gasteiger charge is 2.10. The number of hydrogen-bond acceptors (Lipinski definition) is 3. The number of nitrogen functional groups attached to an aromatic ring is 1. The van der Waals surface area contributed by atoms with Crippen LogP contribution in [0.5, 0.6) is 11.5 Å². The van der Waals surface area contributed by atoms with Crippen molar-refractivity contribution in [2.24, 2.45) is 0 Å². The van der Waals surface area contributed by atoms with Crippen molar-refractivity contribution < 1.29 is 9.84 Å². The van der Waals surface area contributed by atoms with E-state index in [1.807, 2.05) is 18.2 Å². The molecule has 2 aromatic rings. The highest BCUT2D eigenvalue weighted by atomic mass is 127. The molecular weight excluding hydrogens is 489 g/mol. The van der Waals surface area contributed by atoms with Gasteiger partial charge in [-0.25, -0.2) is 0 Å². The first-order valence-corrected chi connectivity index (χ1v) is 7.99. The molecule has 3 N–H and O–H groups in total. The summed E-state index contributed by atoms with van der Waals surface area (Å²) in [6, 6.07) is 9.28. The summed E-state index contributed by atoms with van der Waals surface area (Å²) in [5, 5.41) is 9.26. The lowest BCUT2D eigenvalue weighted by Gasteiger charge is -2.13. The van der Waals surface area contributed by atoms with Gasteiger partial charge in [0, 0.05) is 14.5 Å². The molecule has 0 aliphatic rings. The molecule has 0 atom stereocenters. The minimum atomic E-state index is -0.126. The molecule has 0 aromatic heterocycles. The van der Waals surface area contributed by atoms with Crippen LogP contribution in [0.2, 0.25) is 0 Å². The van der Waals surface area contributed by atoms with E-state index in [0.717, 1.165) is 18.3 Å². The Labute approximate surface area is 141 Å². The lowest BCUT2D eigenvalue weighted by atomic mass is 10.2. The summed E-state index contributed by atoms with van der Waals surface area (Å²) in [5.41, 5.74) is 7.06. The zero-order valence-electron chi connectivity index (χ0n) is 9.66. The van der Waals surface area contributed by atoms with E-state index in [9.17, 15) is 5.11 Å². The van der Waals surface area contributed by atoms with Crippen molar-refractivity contribution in [3.05, 3.63) is 48.4 Å². The van der Waals surface area contributed by atoms with Gasteiger partial charge >= 0.3 is 0 Å². The molecule has 100 valence electrons. The molecule has 0 heterocycles. The number of aliphatic hydroxyl groups excluding tert-OH is 1. The second-order valence-corrected chi connectivity index (χ2v) is 6.81. The van der Waals surface area contributed by atoms with Gasteiger partial charge in [-0.1, -0.05) is 31.9 Å². The summed E-state index contributed by atoms with van der Waals surface area (Å²) < 4.78 is 8.59. The summed E-state index contributed by atoms with van der Waals surface area (Å²) >= 11 is 8.97. The van der Waals surface area contributed by atoms with Crippen LogP contribution in [0.15, 0.2) is 39.3 Å². The minimum absolute atomic E-state index is 0.126. The molecule has 3 nitrogen and oxygen atoms in total.